The summed E-state index contributed by atoms with van der Waals surface area (Å²) < 4.78 is 35.6. The van der Waals surface area contributed by atoms with E-state index in [1.807, 2.05) is 12.1 Å². The van der Waals surface area contributed by atoms with Crippen molar-refractivity contribution in [2.75, 3.05) is 13.4 Å². The molecule has 1 aliphatic heterocycles. The van der Waals surface area contributed by atoms with Crippen LogP contribution in [0.5, 0.6) is 5.75 Å². The SMILES string of the molecule is COc1ccc(C2CC(c3ccco3)=NN2S(C)(=O)=O)cc1. The van der Waals surface area contributed by atoms with E-state index in [4.69, 9.17) is 9.15 Å². The van der Waals surface area contributed by atoms with E-state index >= 15 is 0 Å². The molecular weight excluding hydrogens is 304 g/mol. The van der Waals surface area contributed by atoms with Crippen LogP contribution in [0.15, 0.2) is 52.2 Å². The summed E-state index contributed by atoms with van der Waals surface area (Å²) in [6, 6.07) is 10.5. The summed E-state index contributed by atoms with van der Waals surface area (Å²) in [5.41, 5.74) is 1.48. The third kappa shape index (κ3) is 2.71. The zero-order valence-electron chi connectivity index (χ0n) is 12.3. The third-order valence-corrected chi connectivity index (χ3v) is 4.53. The van der Waals surface area contributed by atoms with E-state index in [2.05, 4.69) is 5.10 Å². The highest BCUT2D eigenvalue weighted by molar-refractivity contribution is 7.88. The van der Waals surface area contributed by atoms with Crippen LogP contribution >= 0.6 is 0 Å². The number of sulfonamides is 1. The first-order chi connectivity index (χ1) is 10.5. The van der Waals surface area contributed by atoms with Crippen LogP contribution in [0.25, 0.3) is 0 Å². The van der Waals surface area contributed by atoms with E-state index in [1.54, 1.807) is 37.6 Å². The number of benzene rings is 1. The molecule has 1 aromatic heterocycles. The zero-order valence-corrected chi connectivity index (χ0v) is 13.1. The average Bonchev–Trinajstić information content (AvgIpc) is 3.15. The van der Waals surface area contributed by atoms with Crippen LogP contribution in [0, 0.1) is 0 Å². The number of hydrogen-bond acceptors (Lipinski definition) is 5. The fraction of sp³-hybridized carbons (Fsp3) is 0.267. The highest BCUT2D eigenvalue weighted by Crippen LogP contribution is 2.35. The quantitative estimate of drug-likeness (QED) is 0.867. The number of hydrogen-bond donors (Lipinski definition) is 0. The summed E-state index contributed by atoms with van der Waals surface area (Å²) in [5, 5.41) is 4.24. The zero-order chi connectivity index (χ0) is 15.7. The summed E-state index contributed by atoms with van der Waals surface area (Å²) in [6.45, 7) is 0. The topological polar surface area (TPSA) is 72.1 Å². The second kappa shape index (κ2) is 5.49. The number of methoxy groups -OCH3 is 1. The molecule has 6 nitrogen and oxygen atoms in total. The van der Waals surface area contributed by atoms with Gasteiger partial charge in [-0.3, -0.25) is 0 Å². The lowest BCUT2D eigenvalue weighted by molar-refractivity contribution is 0.374. The molecule has 1 atom stereocenters. The van der Waals surface area contributed by atoms with Crippen molar-refractivity contribution in [1.82, 2.24) is 4.41 Å². The average molecular weight is 320 g/mol. The molecule has 0 saturated carbocycles. The maximum Gasteiger partial charge on any atom is 0.247 e. The third-order valence-electron chi connectivity index (χ3n) is 3.52. The number of hydrazone groups is 1. The molecule has 1 unspecified atom stereocenters. The van der Waals surface area contributed by atoms with Gasteiger partial charge in [0.15, 0.2) is 0 Å². The molecule has 116 valence electrons. The lowest BCUT2D eigenvalue weighted by Gasteiger charge is -2.21. The fourth-order valence-electron chi connectivity index (χ4n) is 2.46. The molecule has 22 heavy (non-hydrogen) atoms. The van der Waals surface area contributed by atoms with E-state index in [-0.39, 0.29) is 6.04 Å². The van der Waals surface area contributed by atoms with Gasteiger partial charge in [0.2, 0.25) is 10.0 Å². The van der Waals surface area contributed by atoms with Gasteiger partial charge in [0.1, 0.15) is 17.2 Å². The van der Waals surface area contributed by atoms with Crippen LogP contribution in [0.1, 0.15) is 23.8 Å². The maximum absolute atomic E-state index is 12.0. The van der Waals surface area contributed by atoms with Gasteiger partial charge >= 0.3 is 0 Å². The van der Waals surface area contributed by atoms with Crippen molar-refractivity contribution >= 4 is 15.7 Å². The van der Waals surface area contributed by atoms with E-state index < -0.39 is 10.0 Å². The van der Waals surface area contributed by atoms with E-state index in [9.17, 15) is 8.42 Å². The van der Waals surface area contributed by atoms with Gasteiger partial charge in [0, 0.05) is 6.42 Å². The molecule has 1 aliphatic rings. The number of ether oxygens (including phenoxy) is 1. The Morgan fingerprint density at radius 1 is 1.27 bits per heavy atom. The first-order valence-corrected chi connectivity index (χ1v) is 8.58. The van der Waals surface area contributed by atoms with E-state index in [0.29, 0.717) is 17.9 Å². The standard InChI is InChI=1S/C15H16N2O4S/c1-20-12-7-5-11(6-8-12)14-10-13(15-4-3-9-21-15)16-17(14)22(2,18)19/h3-9,14H,10H2,1-2H3. The monoisotopic (exact) mass is 320 g/mol. The molecule has 0 amide bonds. The Kier molecular flexibility index (Phi) is 3.66. The van der Waals surface area contributed by atoms with Crippen LogP contribution in [0.4, 0.5) is 0 Å². The van der Waals surface area contributed by atoms with Gasteiger partial charge in [-0.15, -0.1) is 0 Å². The van der Waals surface area contributed by atoms with E-state index in [0.717, 1.165) is 22.0 Å². The lowest BCUT2D eigenvalue weighted by atomic mass is 10.0. The molecule has 1 aromatic carbocycles. The van der Waals surface area contributed by atoms with Crippen molar-refractivity contribution < 1.29 is 17.6 Å². The van der Waals surface area contributed by atoms with Gasteiger partial charge in [-0.05, 0) is 29.8 Å². The second-order valence-corrected chi connectivity index (χ2v) is 6.89. The van der Waals surface area contributed by atoms with Crippen molar-refractivity contribution in [3.05, 3.63) is 54.0 Å². The Morgan fingerprint density at radius 3 is 2.55 bits per heavy atom. The summed E-state index contributed by atoms with van der Waals surface area (Å²) in [7, 11) is -1.88. The van der Waals surface area contributed by atoms with Gasteiger partial charge in [-0.2, -0.15) is 9.52 Å². The molecule has 0 aliphatic carbocycles. The first-order valence-electron chi connectivity index (χ1n) is 6.74. The minimum absolute atomic E-state index is 0.374. The van der Waals surface area contributed by atoms with Crippen LogP contribution in [-0.2, 0) is 10.0 Å². The van der Waals surface area contributed by atoms with Crippen LogP contribution < -0.4 is 4.74 Å². The van der Waals surface area contributed by atoms with Gasteiger partial charge < -0.3 is 9.15 Å². The Bertz CT molecular complexity index is 779. The molecule has 2 aromatic rings. The molecular formula is C15H16N2O4S. The van der Waals surface area contributed by atoms with Crippen molar-refractivity contribution in [1.29, 1.82) is 0 Å². The number of nitrogens with zero attached hydrogens (tertiary/aromatic N) is 2. The van der Waals surface area contributed by atoms with Crippen molar-refractivity contribution in [3.8, 4) is 5.75 Å². The van der Waals surface area contributed by atoms with Gasteiger partial charge in [0.05, 0.1) is 25.7 Å². The minimum atomic E-state index is -3.47. The van der Waals surface area contributed by atoms with Crippen molar-refractivity contribution in [2.24, 2.45) is 5.10 Å². The molecule has 0 fully saturated rings. The molecule has 0 N–H and O–H groups in total. The lowest BCUT2D eigenvalue weighted by Crippen LogP contribution is -2.25. The Balaban J connectivity index is 1.96. The van der Waals surface area contributed by atoms with Crippen molar-refractivity contribution in [3.63, 3.8) is 0 Å². The smallest absolute Gasteiger partial charge is 0.247 e. The van der Waals surface area contributed by atoms with Crippen LogP contribution in [-0.4, -0.2) is 31.9 Å². The Labute approximate surface area is 129 Å². The molecule has 3 rings (SSSR count). The molecule has 2 heterocycles. The summed E-state index contributed by atoms with van der Waals surface area (Å²) in [5.74, 6) is 1.31. The number of furan rings is 1. The maximum atomic E-state index is 12.0. The summed E-state index contributed by atoms with van der Waals surface area (Å²) in [4.78, 5) is 0. The highest BCUT2D eigenvalue weighted by atomic mass is 32.2. The van der Waals surface area contributed by atoms with Gasteiger partial charge in [-0.1, -0.05) is 12.1 Å². The first kappa shape index (κ1) is 14.6. The minimum Gasteiger partial charge on any atom is -0.497 e. The Hall–Kier alpha value is -2.28. The fourth-order valence-corrected chi connectivity index (χ4v) is 3.37. The van der Waals surface area contributed by atoms with Gasteiger partial charge in [0.25, 0.3) is 0 Å². The van der Waals surface area contributed by atoms with E-state index in [1.165, 1.54) is 0 Å². The molecule has 0 spiro atoms. The van der Waals surface area contributed by atoms with Gasteiger partial charge in [-0.25, -0.2) is 8.42 Å². The predicted octanol–water partition coefficient (Wildman–Crippen LogP) is 2.40. The molecule has 0 bridgehead atoms. The number of rotatable bonds is 4. The predicted molar refractivity (Wildman–Crippen MR) is 82.3 cm³/mol. The van der Waals surface area contributed by atoms with Crippen LogP contribution in [0.3, 0.4) is 0 Å². The Morgan fingerprint density at radius 2 is 2.00 bits per heavy atom. The largest absolute Gasteiger partial charge is 0.497 e. The summed E-state index contributed by atoms with van der Waals surface area (Å²) in [6.07, 6.45) is 3.16. The van der Waals surface area contributed by atoms with Crippen molar-refractivity contribution in [2.45, 2.75) is 12.5 Å². The molecule has 0 radical (unpaired) electrons. The second-order valence-electron chi connectivity index (χ2n) is 5.05. The highest BCUT2D eigenvalue weighted by Gasteiger charge is 2.35. The normalized spacial score (nSPS) is 18.4. The van der Waals surface area contributed by atoms with Crippen LogP contribution in [0.2, 0.25) is 0 Å². The molecule has 7 heteroatoms. The molecule has 0 saturated heterocycles. The summed E-state index contributed by atoms with van der Waals surface area (Å²) >= 11 is 0.